The van der Waals surface area contributed by atoms with Crippen LogP contribution in [0, 0.1) is 0 Å². The Morgan fingerprint density at radius 3 is 1.88 bits per heavy atom. The van der Waals surface area contributed by atoms with Crippen LogP contribution in [0.4, 0.5) is 0 Å². The Labute approximate surface area is 148 Å². The van der Waals surface area contributed by atoms with Crippen LogP contribution >= 0.6 is 0 Å². The van der Waals surface area contributed by atoms with Gasteiger partial charge in [0.25, 0.3) is 0 Å². The first-order valence-corrected chi connectivity index (χ1v) is 7.80. The molecule has 0 bridgehead atoms. The molecule has 8 heteroatoms. The molecule has 0 spiro atoms. The molecule has 1 aliphatic rings. The monoisotopic (exact) mass is 356 g/mol. The van der Waals surface area contributed by atoms with Crippen LogP contribution in [-0.2, 0) is 9.53 Å². The minimum Gasteiger partial charge on any atom is -0.544 e. The van der Waals surface area contributed by atoms with E-state index < -0.39 is 11.9 Å². The highest BCUT2D eigenvalue weighted by molar-refractivity contribution is 5.87. The number of rotatable bonds is 3. The predicted octanol–water partition coefficient (Wildman–Crippen LogP) is -0.519. The molecule has 1 aromatic rings. The molecule has 0 saturated carbocycles. The van der Waals surface area contributed by atoms with E-state index in [1.807, 2.05) is 0 Å². The number of aliphatic carboxylic acids is 1. The average molecular weight is 356 g/mol. The van der Waals surface area contributed by atoms with Gasteiger partial charge in [0, 0.05) is 13.1 Å². The summed E-state index contributed by atoms with van der Waals surface area (Å²) < 4.78 is 5.52. The number of carbonyl (C=O) groups is 2. The molecule has 2 rings (SSSR count). The van der Waals surface area contributed by atoms with Crippen molar-refractivity contribution < 1.29 is 34.1 Å². The summed E-state index contributed by atoms with van der Waals surface area (Å²) in [5, 5.41) is 27.0. The second-order valence-corrected chi connectivity index (χ2v) is 6.59. The number of morpholine rings is 1. The summed E-state index contributed by atoms with van der Waals surface area (Å²) in [4.78, 5) is 22.4. The molecule has 0 aromatic heterocycles. The van der Waals surface area contributed by atoms with Gasteiger partial charge in [0.05, 0.1) is 45.9 Å². The lowest BCUT2D eigenvalue weighted by molar-refractivity contribution is -0.864. The van der Waals surface area contributed by atoms with Gasteiger partial charge in [-0.2, -0.15) is 0 Å². The topological polar surface area (TPSA) is 110 Å². The van der Waals surface area contributed by atoms with Crippen molar-refractivity contribution in [3.63, 3.8) is 0 Å². The Morgan fingerprint density at radius 2 is 1.64 bits per heavy atom. The number of carboxylic acids is 2. The molecule has 25 heavy (non-hydrogen) atoms. The fourth-order valence-electron chi connectivity index (χ4n) is 1.65. The normalized spacial score (nSPS) is 14.4. The van der Waals surface area contributed by atoms with Gasteiger partial charge in [0.2, 0.25) is 0 Å². The van der Waals surface area contributed by atoms with Crippen molar-refractivity contribution in [2.75, 3.05) is 61.0 Å². The van der Waals surface area contributed by atoms with E-state index in [1.165, 1.54) is 24.3 Å². The van der Waals surface area contributed by atoms with Gasteiger partial charge >= 0.3 is 5.97 Å². The highest BCUT2D eigenvalue weighted by atomic mass is 16.5. The molecule has 0 radical (unpaired) electrons. The summed E-state index contributed by atoms with van der Waals surface area (Å²) in [5.41, 5.74) is 0.179. The molecule has 1 fully saturated rings. The number of benzene rings is 1. The van der Waals surface area contributed by atoms with E-state index in [1.54, 1.807) is 21.1 Å². The first-order chi connectivity index (χ1) is 11.5. The zero-order chi connectivity index (χ0) is 19.5. The fourth-order valence-corrected chi connectivity index (χ4v) is 1.65. The summed E-state index contributed by atoms with van der Waals surface area (Å²) in [5.74, 6) is -1.91. The second kappa shape index (κ2) is 11.4. The molecule has 0 aliphatic carbocycles. The largest absolute Gasteiger partial charge is 0.544 e. The number of hydrogen-bond donors (Lipinski definition) is 2. The van der Waals surface area contributed by atoms with Crippen LogP contribution in [0.2, 0.25) is 0 Å². The lowest BCUT2D eigenvalue weighted by Gasteiger charge is -2.23. The molecular formula is C17H28N2O6. The van der Waals surface area contributed by atoms with E-state index in [-0.39, 0.29) is 17.9 Å². The van der Waals surface area contributed by atoms with Gasteiger partial charge in [-0.1, -0.05) is 0 Å². The summed E-state index contributed by atoms with van der Waals surface area (Å²) >= 11 is 0. The number of nitrogens with zero attached hydrogens (tertiary/aromatic N) is 2. The van der Waals surface area contributed by atoms with Crippen LogP contribution in [0.5, 0.6) is 5.75 Å². The number of aromatic carboxylic acids is 1. The number of carboxylic acid groups (broad SMARTS) is 2. The smallest absolute Gasteiger partial charge is 0.335 e. The second-order valence-electron chi connectivity index (χ2n) is 6.59. The maximum Gasteiger partial charge on any atom is 0.335 e. The predicted molar refractivity (Wildman–Crippen MR) is 91.3 cm³/mol. The number of phenols is 1. The third kappa shape index (κ3) is 13.9. The minimum absolute atomic E-state index is 0.0694. The van der Waals surface area contributed by atoms with Gasteiger partial charge in [-0.25, -0.2) is 4.79 Å². The lowest BCUT2D eigenvalue weighted by Crippen LogP contribution is -2.45. The van der Waals surface area contributed by atoms with Crippen molar-refractivity contribution in [2.45, 2.75) is 0 Å². The Hall–Kier alpha value is -2.16. The zero-order valence-electron chi connectivity index (χ0n) is 15.3. The van der Waals surface area contributed by atoms with Crippen LogP contribution in [0.25, 0.3) is 0 Å². The SMILES string of the molecule is CN1CCOCC1.C[N+](C)(C)CC(=O)[O-].O=C(O)c1ccc(O)cc1. The standard InChI is InChI=1S/C7H6O3.C5H11NO2.C5H11NO/c8-6-3-1-5(2-4-6)7(9)10;1-6(2,3)4-5(7)8;1-6-2-4-7-5-3-6/h1-4,8H,(H,9,10);4H2,1-3H3;2-5H2,1H3. The third-order valence-electron chi connectivity index (χ3n) is 2.95. The van der Waals surface area contributed by atoms with Crippen molar-refractivity contribution in [1.82, 2.24) is 4.90 Å². The highest BCUT2D eigenvalue weighted by Crippen LogP contribution is 2.08. The Kier molecular flexibility index (Phi) is 10.4. The maximum absolute atomic E-state index is 10.2. The summed E-state index contributed by atoms with van der Waals surface area (Å²) in [6.45, 7) is 4.09. The summed E-state index contributed by atoms with van der Waals surface area (Å²) in [6.07, 6.45) is 0. The van der Waals surface area contributed by atoms with E-state index in [4.69, 9.17) is 14.9 Å². The summed E-state index contributed by atoms with van der Waals surface area (Å²) in [6, 6.07) is 5.36. The van der Waals surface area contributed by atoms with Crippen LogP contribution < -0.4 is 5.11 Å². The van der Waals surface area contributed by atoms with E-state index in [0.717, 1.165) is 26.3 Å². The highest BCUT2D eigenvalue weighted by Gasteiger charge is 2.05. The molecule has 142 valence electrons. The molecular weight excluding hydrogens is 328 g/mol. The van der Waals surface area contributed by atoms with Crippen LogP contribution in [0.3, 0.4) is 0 Å². The van der Waals surface area contributed by atoms with Crippen LogP contribution in [0.15, 0.2) is 24.3 Å². The zero-order valence-corrected chi connectivity index (χ0v) is 15.3. The van der Waals surface area contributed by atoms with E-state index in [0.29, 0.717) is 4.48 Å². The van der Waals surface area contributed by atoms with E-state index in [2.05, 4.69) is 11.9 Å². The van der Waals surface area contributed by atoms with Crippen molar-refractivity contribution in [3.8, 4) is 5.75 Å². The average Bonchev–Trinajstić information content (AvgIpc) is 2.47. The molecule has 0 atom stereocenters. The van der Waals surface area contributed by atoms with Crippen molar-refractivity contribution >= 4 is 11.9 Å². The van der Waals surface area contributed by atoms with E-state index in [9.17, 15) is 14.7 Å². The molecule has 1 aromatic carbocycles. The lowest BCUT2D eigenvalue weighted by atomic mass is 10.2. The Balaban J connectivity index is 0.000000352. The Morgan fingerprint density at radius 1 is 1.16 bits per heavy atom. The number of carbonyl (C=O) groups excluding carboxylic acids is 1. The first kappa shape index (κ1) is 22.8. The van der Waals surface area contributed by atoms with Gasteiger partial charge < -0.3 is 34.2 Å². The number of phenolic OH excluding ortho intramolecular Hbond substituents is 1. The van der Waals surface area contributed by atoms with Gasteiger partial charge in [-0.05, 0) is 31.3 Å². The molecule has 0 amide bonds. The third-order valence-corrected chi connectivity index (χ3v) is 2.95. The van der Waals surface area contributed by atoms with Crippen LogP contribution in [-0.4, -0.2) is 92.6 Å². The number of ether oxygens (including phenoxy) is 1. The molecule has 1 saturated heterocycles. The number of hydrogen-bond acceptors (Lipinski definition) is 6. The van der Waals surface area contributed by atoms with Gasteiger partial charge in [-0.3, -0.25) is 0 Å². The summed E-state index contributed by atoms with van der Waals surface area (Å²) in [7, 11) is 7.52. The molecule has 2 N–H and O–H groups in total. The van der Waals surface area contributed by atoms with Gasteiger partial charge in [0.15, 0.2) is 0 Å². The number of quaternary nitrogens is 1. The van der Waals surface area contributed by atoms with Crippen molar-refractivity contribution in [2.24, 2.45) is 0 Å². The van der Waals surface area contributed by atoms with Crippen molar-refractivity contribution in [1.29, 1.82) is 0 Å². The Bertz CT molecular complexity index is 519. The minimum atomic E-state index is -1.00. The number of likely N-dealkylation sites (N-methyl/N-ethyl adjacent to an activating group) is 2. The first-order valence-electron chi connectivity index (χ1n) is 7.80. The van der Waals surface area contributed by atoms with Gasteiger partial charge in [0.1, 0.15) is 12.3 Å². The molecule has 1 heterocycles. The quantitative estimate of drug-likeness (QED) is 0.701. The fraction of sp³-hybridized carbons (Fsp3) is 0.529. The van der Waals surface area contributed by atoms with Crippen molar-refractivity contribution in [3.05, 3.63) is 29.8 Å². The van der Waals surface area contributed by atoms with Crippen LogP contribution in [0.1, 0.15) is 10.4 Å². The number of aromatic hydroxyl groups is 1. The van der Waals surface area contributed by atoms with E-state index >= 15 is 0 Å². The van der Waals surface area contributed by atoms with Gasteiger partial charge in [-0.15, -0.1) is 0 Å². The molecule has 8 nitrogen and oxygen atoms in total. The molecule has 0 unspecified atom stereocenters. The molecule has 1 aliphatic heterocycles. The maximum atomic E-state index is 10.2.